The lowest BCUT2D eigenvalue weighted by Crippen LogP contribution is -2.27. The topological polar surface area (TPSA) is 74.3 Å². The number of ether oxygens (including phenoxy) is 1. The smallest absolute Gasteiger partial charge is 0.305 e. The molecule has 90 valence electrons. The van der Waals surface area contributed by atoms with E-state index in [0.29, 0.717) is 19.5 Å². The Bertz CT molecular complexity index is 298. The zero-order valence-corrected chi connectivity index (χ0v) is 9.40. The van der Waals surface area contributed by atoms with E-state index in [-0.39, 0.29) is 12.4 Å². The summed E-state index contributed by atoms with van der Waals surface area (Å²) in [5, 5.41) is 12.6. The van der Waals surface area contributed by atoms with Crippen LogP contribution >= 0.6 is 0 Å². The van der Waals surface area contributed by atoms with Crippen molar-refractivity contribution in [2.45, 2.75) is 25.5 Å². The molecule has 0 aliphatic carbocycles. The summed E-state index contributed by atoms with van der Waals surface area (Å²) in [7, 11) is 1.35. The zero-order valence-electron chi connectivity index (χ0n) is 9.40. The highest BCUT2D eigenvalue weighted by Crippen LogP contribution is 1.98. The van der Waals surface area contributed by atoms with E-state index < -0.39 is 6.10 Å². The number of aromatic amines is 1. The number of hydrogen-bond donors (Lipinski definition) is 3. The second-order valence-electron chi connectivity index (χ2n) is 3.59. The number of carbonyl (C=O) groups is 1. The average molecular weight is 226 g/mol. The van der Waals surface area contributed by atoms with E-state index in [9.17, 15) is 9.90 Å². The molecule has 0 aliphatic rings. The molecule has 0 aliphatic heterocycles. The van der Waals surface area contributed by atoms with Gasteiger partial charge in [-0.3, -0.25) is 4.79 Å². The number of aliphatic hydroxyl groups excluding tert-OH is 1. The maximum atomic E-state index is 10.8. The van der Waals surface area contributed by atoms with Crippen LogP contribution in [0.25, 0.3) is 0 Å². The van der Waals surface area contributed by atoms with E-state index in [0.717, 1.165) is 5.69 Å². The van der Waals surface area contributed by atoms with Gasteiger partial charge in [0.05, 0.1) is 13.2 Å². The number of rotatable bonds is 7. The molecule has 3 N–H and O–H groups in total. The fourth-order valence-corrected chi connectivity index (χ4v) is 1.34. The Balaban J connectivity index is 2.06. The number of esters is 1. The fraction of sp³-hybridized carbons (Fsp3) is 0.545. The van der Waals surface area contributed by atoms with Gasteiger partial charge in [0, 0.05) is 31.4 Å². The first-order chi connectivity index (χ1) is 7.72. The van der Waals surface area contributed by atoms with Crippen LogP contribution in [0.4, 0.5) is 0 Å². The van der Waals surface area contributed by atoms with Gasteiger partial charge in [-0.05, 0) is 18.6 Å². The van der Waals surface area contributed by atoms with E-state index >= 15 is 0 Å². The Morgan fingerprint density at radius 1 is 1.69 bits per heavy atom. The summed E-state index contributed by atoms with van der Waals surface area (Å²) >= 11 is 0. The zero-order chi connectivity index (χ0) is 11.8. The van der Waals surface area contributed by atoms with Crippen LogP contribution < -0.4 is 5.32 Å². The van der Waals surface area contributed by atoms with E-state index in [1.54, 1.807) is 0 Å². The van der Waals surface area contributed by atoms with Crippen molar-refractivity contribution in [2.75, 3.05) is 13.7 Å². The highest BCUT2D eigenvalue weighted by Gasteiger charge is 2.07. The predicted octanol–water partition coefficient (Wildman–Crippen LogP) is 0.418. The first-order valence-corrected chi connectivity index (χ1v) is 5.30. The lowest BCUT2D eigenvalue weighted by molar-refractivity contribution is -0.141. The minimum absolute atomic E-state index is 0.252. The van der Waals surface area contributed by atoms with Crippen LogP contribution in [0.15, 0.2) is 18.3 Å². The van der Waals surface area contributed by atoms with E-state index in [4.69, 9.17) is 0 Å². The molecule has 0 radical (unpaired) electrons. The summed E-state index contributed by atoms with van der Waals surface area (Å²) in [5.41, 5.74) is 1.07. The molecular formula is C11H18N2O3. The van der Waals surface area contributed by atoms with Crippen LogP contribution in [0.1, 0.15) is 18.5 Å². The van der Waals surface area contributed by atoms with E-state index in [1.165, 1.54) is 7.11 Å². The number of carbonyl (C=O) groups excluding carboxylic acids is 1. The van der Waals surface area contributed by atoms with Crippen molar-refractivity contribution in [2.24, 2.45) is 0 Å². The molecule has 0 aromatic carbocycles. The van der Waals surface area contributed by atoms with Gasteiger partial charge in [-0.15, -0.1) is 0 Å². The second-order valence-corrected chi connectivity index (χ2v) is 3.59. The van der Waals surface area contributed by atoms with Gasteiger partial charge < -0.3 is 20.1 Å². The molecule has 5 nitrogen and oxygen atoms in total. The summed E-state index contributed by atoms with van der Waals surface area (Å²) in [4.78, 5) is 13.9. The Hall–Kier alpha value is -1.33. The monoisotopic (exact) mass is 226 g/mol. The third kappa shape index (κ3) is 4.95. The number of nitrogens with one attached hydrogen (secondary N) is 2. The molecule has 1 aromatic rings. The summed E-state index contributed by atoms with van der Waals surface area (Å²) in [6, 6.07) is 3.89. The van der Waals surface area contributed by atoms with E-state index in [2.05, 4.69) is 15.0 Å². The van der Waals surface area contributed by atoms with Gasteiger partial charge in [-0.25, -0.2) is 0 Å². The first kappa shape index (κ1) is 12.7. The highest BCUT2D eigenvalue weighted by atomic mass is 16.5. The lowest BCUT2D eigenvalue weighted by Gasteiger charge is -2.10. The molecule has 1 heterocycles. The minimum atomic E-state index is -0.519. The van der Waals surface area contributed by atoms with Crippen LogP contribution in [0.3, 0.4) is 0 Å². The standard InChI is InChI=1S/C11H18N2O3/c1-16-11(15)5-4-10(14)8-12-7-9-3-2-6-13-9/h2-3,6,10,12-14H,4-5,7-8H2,1H3. The summed E-state index contributed by atoms with van der Waals surface area (Å²) in [6.45, 7) is 1.15. The molecule has 0 fully saturated rings. The Labute approximate surface area is 94.8 Å². The summed E-state index contributed by atoms with van der Waals surface area (Å²) < 4.78 is 4.49. The molecule has 0 saturated carbocycles. The molecule has 5 heteroatoms. The molecule has 1 rings (SSSR count). The maximum absolute atomic E-state index is 10.8. The fourth-order valence-electron chi connectivity index (χ4n) is 1.34. The van der Waals surface area contributed by atoms with Crippen molar-refractivity contribution < 1.29 is 14.6 Å². The summed E-state index contributed by atoms with van der Waals surface area (Å²) in [6.07, 6.45) is 2.01. The van der Waals surface area contributed by atoms with Gasteiger partial charge in [0.1, 0.15) is 0 Å². The Morgan fingerprint density at radius 2 is 2.50 bits per heavy atom. The highest BCUT2D eigenvalue weighted by molar-refractivity contribution is 5.69. The van der Waals surface area contributed by atoms with Crippen molar-refractivity contribution in [1.82, 2.24) is 10.3 Å². The molecule has 1 unspecified atom stereocenters. The number of aromatic nitrogens is 1. The third-order valence-electron chi connectivity index (χ3n) is 2.27. The van der Waals surface area contributed by atoms with Crippen molar-refractivity contribution >= 4 is 5.97 Å². The van der Waals surface area contributed by atoms with E-state index in [1.807, 2.05) is 18.3 Å². The maximum Gasteiger partial charge on any atom is 0.305 e. The predicted molar refractivity (Wildman–Crippen MR) is 59.8 cm³/mol. The van der Waals surface area contributed by atoms with Crippen molar-refractivity contribution in [3.8, 4) is 0 Å². The van der Waals surface area contributed by atoms with Gasteiger partial charge in [-0.1, -0.05) is 0 Å². The molecule has 0 saturated heterocycles. The quantitative estimate of drug-likeness (QED) is 0.589. The number of hydrogen-bond acceptors (Lipinski definition) is 4. The minimum Gasteiger partial charge on any atom is -0.469 e. The lowest BCUT2D eigenvalue weighted by atomic mass is 10.2. The first-order valence-electron chi connectivity index (χ1n) is 5.30. The van der Waals surface area contributed by atoms with Crippen LogP contribution in [0, 0.1) is 0 Å². The molecule has 0 bridgehead atoms. The van der Waals surface area contributed by atoms with Crippen LogP contribution in [0.2, 0.25) is 0 Å². The largest absolute Gasteiger partial charge is 0.469 e. The average Bonchev–Trinajstić information content (AvgIpc) is 2.79. The number of H-pyrrole nitrogens is 1. The Morgan fingerprint density at radius 3 is 3.12 bits per heavy atom. The molecular weight excluding hydrogens is 208 g/mol. The second kappa shape index (κ2) is 7.03. The van der Waals surface area contributed by atoms with Crippen molar-refractivity contribution in [3.05, 3.63) is 24.0 Å². The molecule has 0 amide bonds. The van der Waals surface area contributed by atoms with Gasteiger partial charge in [0.2, 0.25) is 0 Å². The number of aliphatic hydroxyl groups is 1. The van der Waals surface area contributed by atoms with Gasteiger partial charge in [0.25, 0.3) is 0 Å². The summed E-state index contributed by atoms with van der Waals surface area (Å²) in [5.74, 6) is -0.289. The van der Waals surface area contributed by atoms with Gasteiger partial charge in [0.15, 0.2) is 0 Å². The van der Waals surface area contributed by atoms with Crippen molar-refractivity contribution in [1.29, 1.82) is 0 Å². The van der Waals surface area contributed by atoms with Crippen molar-refractivity contribution in [3.63, 3.8) is 0 Å². The van der Waals surface area contributed by atoms with Crippen LogP contribution in [-0.4, -0.2) is 35.8 Å². The van der Waals surface area contributed by atoms with Crippen LogP contribution in [-0.2, 0) is 16.1 Å². The molecule has 16 heavy (non-hydrogen) atoms. The van der Waals surface area contributed by atoms with Gasteiger partial charge >= 0.3 is 5.97 Å². The normalized spacial score (nSPS) is 12.4. The number of methoxy groups -OCH3 is 1. The van der Waals surface area contributed by atoms with Crippen LogP contribution in [0.5, 0.6) is 0 Å². The SMILES string of the molecule is COC(=O)CCC(O)CNCc1ccc[nH]1. The molecule has 1 aromatic heterocycles. The molecule has 1 atom stereocenters. The molecule has 0 spiro atoms. The third-order valence-corrected chi connectivity index (χ3v) is 2.27. The Kier molecular flexibility index (Phi) is 5.60. The van der Waals surface area contributed by atoms with Gasteiger partial charge in [-0.2, -0.15) is 0 Å².